The first kappa shape index (κ1) is 36.0. The van der Waals surface area contributed by atoms with Crippen LogP contribution in [0.15, 0.2) is 0 Å². The van der Waals surface area contributed by atoms with Gasteiger partial charge in [-0.15, -0.1) is 0 Å². The van der Waals surface area contributed by atoms with Gasteiger partial charge in [0, 0.05) is 0 Å². The maximum atomic E-state index is 2.08. The molecule has 0 fully saturated rings. The topological polar surface area (TPSA) is 0 Å². The molecule has 95 valence electrons. The molecule has 0 aromatic heterocycles. The van der Waals surface area contributed by atoms with Gasteiger partial charge in [0.25, 0.3) is 0 Å². The van der Waals surface area contributed by atoms with Gasteiger partial charge in [-0.05, 0) is 0 Å². The monoisotopic (exact) mass is 293 g/mol. The van der Waals surface area contributed by atoms with E-state index in [0.29, 0.717) is 0 Å². The first-order chi connectivity index (χ1) is 5.20. The van der Waals surface area contributed by atoms with Gasteiger partial charge in [-0.25, -0.2) is 0 Å². The Morgan fingerprint density at radius 1 is 0.400 bits per heavy atom. The summed E-state index contributed by atoms with van der Waals surface area (Å²) >= 11 is 0. The molecule has 0 unspecified atom stereocenters. The number of hydrogen-bond acceptors (Lipinski definition) is 0. The molecule has 0 amide bonds. The maximum Gasteiger partial charge on any atom is 5.00 e. The van der Waals surface area contributed by atoms with Crippen LogP contribution in [0.25, 0.3) is 0 Å². The summed E-state index contributed by atoms with van der Waals surface area (Å²) in [6, 6.07) is 0. The molecule has 15 heavy (non-hydrogen) atoms. The molecule has 0 nitrogen and oxygen atoms in total. The molecule has 0 aliphatic heterocycles. The second-order valence-electron chi connectivity index (χ2n) is 4.50. The maximum absolute atomic E-state index is 2.08. The minimum absolute atomic E-state index is 0. The fraction of sp³-hybridized carbons (Fsp3) is 0.750. The van der Waals surface area contributed by atoms with Crippen molar-refractivity contribution in [1.82, 2.24) is 0 Å². The Morgan fingerprint density at radius 3 is 0.400 bits per heavy atom. The Balaban J connectivity index is -0.0000000184. The van der Waals surface area contributed by atoms with Gasteiger partial charge in [-0.3, -0.25) is 0 Å². The second kappa shape index (κ2) is 29.4. The molecule has 0 atom stereocenters. The summed E-state index contributed by atoms with van der Waals surface area (Å²) in [6.45, 7) is 18.8. The summed E-state index contributed by atoms with van der Waals surface area (Å²) in [5.41, 5.74) is 0. The third-order valence-corrected chi connectivity index (χ3v) is 0. The fourth-order valence-electron chi connectivity index (χ4n) is 0. The van der Waals surface area contributed by atoms with E-state index in [4.69, 9.17) is 0 Å². The number of rotatable bonds is 0. The SMILES string of the molecule is C[C-](C)C.C[C-](C)C.C[C-](C)C.[Cl-].[Cl-].[Cr+5]. The van der Waals surface area contributed by atoms with E-state index in [0.717, 1.165) is 0 Å². The van der Waals surface area contributed by atoms with Gasteiger partial charge >= 0.3 is 17.4 Å². The van der Waals surface area contributed by atoms with E-state index in [1.54, 1.807) is 0 Å². The van der Waals surface area contributed by atoms with E-state index >= 15 is 0 Å². The van der Waals surface area contributed by atoms with Gasteiger partial charge in [0.15, 0.2) is 0 Å². The van der Waals surface area contributed by atoms with Crippen LogP contribution in [0, 0.1) is 17.8 Å². The smallest absolute Gasteiger partial charge is 1.00 e. The van der Waals surface area contributed by atoms with Crippen LogP contribution in [-0.2, 0) is 17.4 Å². The van der Waals surface area contributed by atoms with Gasteiger partial charge in [-0.1, -0.05) is 0 Å². The van der Waals surface area contributed by atoms with Crippen LogP contribution in [-0.4, -0.2) is 0 Å². The quantitative estimate of drug-likeness (QED) is 0.496. The molecule has 0 saturated carbocycles. The molecule has 0 aromatic carbocycles. The second-order valence-corrected chi connectivity index (χ2v) is 4.50. The van der Waals surface area contributed by atoms with Gasteiger partial charge in [0.05, 0.1) is 0 Å². The predicted molar refractivity (Wildman–Crippen MR) is 60.8 cm³/mol. The summed E-state index contributed by atoms with van der Waals surface area (Å²) in [5, 5.41) is 0. The van der Waals surface area contributed by atoms with Crippen molar-refractivity contribution in [1.29, 1.82) is 0 Å². The number of halogens is 2. The van der Waals surface area contributed by atoms with Crippen LogP contribution in [0.1, 0.15) is 62.3 Å². The van der Waals surface area contributed by atoms with Gasteiger partial charge in [0.1, 0.15) is 0 Å². The van der Waals surface area contributed by atoms with Crippen molar-refractivity contribution in [2.45, 2.75) is 62.3 Å². The average molecular weight is 294 g/mol. The van der Waals surface area contributed by atoms with Crippen molar-refractivity contribution in [2.24, 2.45) is 0 Å². The molecule has 0 aliphatic carbocycles. The first-order valence-electron chi connectivity index (χ1n) is 4.50. The summed E-state index contributed by atoms with van der Waals surface area (Å²) in [5.74, 6) is 4.25. The average Bonchev–Trinajstić information content (AvgIpc) is 1.54. The van der Waals surface area contributed by atoms with Crippen LogP contribution in [0.3, 0.4) is 0 Å². The Morgan fingerprint density at radius 2 is 0.400 bits per heavy atom. The largest absolute Gasteiger partial charge is 5.00 e. The Bertz CT molecular complexity index is 42.1. The van der Waals surface area contributed by atoms with Crippen molar-refractivity contribution in [3.05, 3.63) is 17.8 Å². The molecular weight excluding hydrogens is 267 g/mol. The van der Waals surface area contributed by atoms with Crippen molar-refractivity contribution < 1.29 is 42.2 Å². The van der Waals surface area contributed by atoms with Crippen molar-refractivity contribution in [2.75, 3.05) is 0 Å². The van der Waals surface area contributed by atoms with Gasteiger partial charge in [-0.2, -0.15) is 62.3 Å². The third kappa shape index (κ3) is 2100. The van der Waals surface area contributed by atoms with Crippen molar-refractivity contribution >= 4 is 0 Å². The van der Waals surface area contributed by atoms with E-state index < -0.39 is 0 Å². The zero-order valence-corrected chi connectivity index (χ0v) is 14.5. The summed E-state index contributed by atoms with van der Waals surface area (Å²) in [6.07, 6.45) is 0. The first-order valence-corrected chi connectivity index (χ1v) is 4.50. The van der Waals surface area contributed by atoms with Crippen molar-refractivity contribution in [3.8, 4) is 0 Å². The Hall–Kier alpha value is 1.11. The van der Waals surface area contributed by atoms with E-state index in [9.17, 15) is 0 Å². The Kier molecular flexibility index (Phi) is 70.6. The molecule has 0 bridgehead atoms. The van der Waals surface area contributed by atoms with Gasteiger partial charge < -0.3 is 42.6 Å². The summed E-state index contributed by atoms with van der Waals surface area (Å²) in [4.78, 5) is 0. The van der Waals surface area contributed by atoms with Gasteiger partial charge in [0.2, 0.25) is 0 Å². The van der Waals surface area contributed by atoms with E-state index in [2.05, 4.69) is 62.3 Å². The van der Waals surface area contributed by atoms with Crippen LogP contribution in [0.4, 0.5) is 0 Å². The minimum Gasteiger partial charge on any atom is -1.00 e. The molecule has 0 aliphatic rings. The molecule has 0 aromatic rings. The van der Waals surface area contributed by atoms with Crippen molar-refractivity contribution in [3.63, 3.8) is 0 Å². The molecule has 0 saturated heterocycles. The molecule has 0 spiro atoms. The zero-order chi connectivity index (χ0) is 10.7. The predicted octanol–water partition coefficient (Wildman–Crippen LogP) is -1.13. The molecule has 3 heteroatoms. The molecule has 0 rings (SSSR count). The molecule has 1 radical (unpaired) electrons. The normalized spacial score (nSPS) is 7.20. The summed E-state index contributed by atoms with van der Waals surface area (Å²) in [7, 11) is 0. The summed E-state index contributed by atoms with van der Waals surface area (Å²) < 4.78 is 0. The van der Waals surface area contributed by atoms with Crippen LogP contribution in [0.2, 0.25) is 0 Å². The molecule has 0 heterocycles. The van der Waals surface area contributed by atoms with E-state index in [-0.39, 0.29) is 42.2 Å². The minimum atomic E-state index is 0. The zero-order valence-electron chi connectivity index (χ0n) is 11.7. The van der Waals surface area contributed by atoms with Crippen LogP contribution in [0.5, 0.6) is 0 Å². The van der Waals surface area contributed by atoms with E-state index in [1.165, 1.54) is 17.8 Å². The molecular formula is C12H27Cl2Cr. The fourth-order valence-corrected chi connectivity index (χ4v) is 0. The third-order valence-electron chi connectivity index (χ3n) is 0. The van der Waals surface area contributed by atoms with E-state index in [1.807, 2.05) is 0 Å². The molecule has 0 N–H and O–H groups in total. The van der Waals surface area contributed by atoms with Crippen LogP contribution >= 0.6 is 0 Å². The standard InChI is InChI=1S/3C4H9.2ClH.Cr/c3*1-4(2)3;;;/h3*1-3H3;2*1H;/q3*-1;;;+5/p-2. The Labute approximate surface area is 122 Å². The number of hydrogen-bond donors (Lipinski definition) is 0. The van der Waals surface area contributed by atoms with Crippen LogP contribution < -0.4 is 24.8 Å².